The minimum absolute atomic E-state index is 0.233. The zero-order valence-electron chi connectivity index (χ0n) is 9.71. The number of hydrogen-bond acceptors (Lipinski definition) is 5. The van der Waals surface area contributed by atoms with Gasteiger partial charge in [-0.1, -0.05) is 6.92 Å². The lowest BCUT2D eigenvalue weighted by Crippen LogP contribution is -2.51. The number of hydrogen-bond donors (Lipinski definition) is 1. The van der Waals surface area contributed by atoms with E-state index in [9.17, 15) is 9.90 Å². The van der Waals surface area contributed by atoms with Crippen LogP contribution in [0, 0.1) is 6.92 Å². The third-order valence-electron chi connectivity index (χ3n) is 3.32. The highest BCUT2D eigenvalue weighted by Gasteiger charge is 2.56. The maximum atomic E-state index is 11.3. The summed E-state index contributed by atoms with van der Waals surface area (Å²) in [6, 6.07) is 0.254. The van der Waals surface area contributed by atoms with Crippen molar-refractivity contribution in [3.8, 4) is 6.01 Å². The number of aromatic nitrogens is 2. The summed E-state index contributed by atoms with van der Waals surface area (Å²) in [4.78, 5) is 15.1. The van der Waals surface area contributed by atoms with Gasteiger partial charge in [0.15, 0.2) is 0 Å². The van der Waals surface area contributed by atoms with Crippen molar-refractivity contribution in [3.63, 3.8) is 0 Å². The molecule has 6 nitrogen and oxygen atoms in total. The average Bonchev–Trinajstić information content (AvgIpc) is 2.63. The average molecular weight is 238 g/mol. The number of ether oxygens (including phenoxy) is 2. The molecule has 0 aromatic carbocycles. The highest BCUT2D eigenvalue weighted by Crippen LogP contribution is 2.45. The van der Waals surface area contributed by atoms with Crippen LogP contribution in [0.2, 0.25) is 0 Å². The van der Waals surface area contributed by atoms with E-state index in [4.69, 9.17) is 9.47 Å². The van der Waals surface area contributed by atoms with Crippen LogP contribution < -0.4 is 10.3 Å². The van der Waals surface area contributed by atoms with Gasteiger partial charge in [-0.15, -0.1) is 0 Å². The number of rotatable bonds is 1. The van der Waals surface area contributed by atoms with E-state index in [2.05, 4.69) is 4.98 Å². The highest BCUT2D eigenvalue weighted by atomic mass is 16.8. The smallest absolute Gasteiger partial charge is 0.308 e. The second-order valence-corrected chi connectivity index (χ2v) is 4.53. The van der Waals surface area contributed by atoms with Crippen LogP contribution in [0.5, 0.6) is 6.01 Å². The van der Waals surface area contributed by atoms with E-state index in [1.54, 1.807) is 17.7 Å². The summed E-state index contributed by atoms with van der Waals surface area (Å²) in [5.41, 5.74) is 0.242. The Morgan fingerprint density at radius 1 is 1.71 bits per heavy atom. The van der Waals surface area contributed by atoms with E-state index in [1.807, 2.05) is 6.92 Å². The number of aliphatic hydroxyl groups excluding tert-OH is 1. The van der Waals surface area contributed by atoms with Gasteiger partial charge in [0, 0.05) is 11.8 Å². The van der Waals surface area contributed by atoms with Crippen molar-refractivity contribution in [2.24, 2.45) is 0 Å². The van der Waals surface area contributed by atoms with E-state index in [0.29, 0.717) is 18.4 Å². The molecule has 92 valence electrons. The third kappa shape index (κ3) is 1.34. The highest BCUT2D eigenvalue weighted by molar-refractivity contribution is 5.17. The minimum atomic E-state index is -0.957. The molecule has 3 atom stereocenters. The fraction of sp³-hybridized carbons (Fsp3) is 0.636. The Balaban J connectivity index is 1.99. The van der Waals surface area contributed by atoms with Gasteiger partial charge in [-0.2, -0.15) is 4.98 Å². The molecule has 1 saturated heterocycles. The standard InChI is InChI=1S/C11H14N2O4/c1-3-8-7(14)4-11(16-8)13-5-6(2)9(15)12-10(13)17-11/h5,7-8,14H,3-4H2,1-2H3/t7?,8-,11-/m1/s1. The Bertz CT molecular complexity index is 527. The van der Waals surface area contributed by atoms with Crippen LogP contribution in [-0.4, -0.2) is 26.9 Å². The fourth-order valence-electron chi connectivity index (χ4n) is 2.34. The summed E-state index contributed by atoms with van der Waals surface area (Å²) < 4.78 is 12.8. The van der Waals surface area contributed by atoms with Crippen molar-refractivity contribution in [1.82, 2.24) is 9.55 Å². The van der Waals surface area contributed by atoms with Crippen molar-refractivity contribution in [3.05, 3.63) is 22.1 Å². The van der Waals surface area contributed by atoms with E-state index in [-0.39, 0.29) is 17.7 Å². The molecule has 0 aliphatic carbocycles. The summed E-state index contributed by atoms with van der Waals surface area (Å²) in [5.74, 6) is -0.957. The van der Waals surface area contributed by atoms with E-state index >= 15 is 0 Å². The molecule has 0 bridgehead atoms. The van der Waals surface area contributed by atoms with Gasteiger partial charge in [-0.05, 0) is 13.3 Å². The van der Waals surface area contributed by atoms with Gasteiger partial charge in [0.25, 0.3) is 5.56 Å². The molecule has 0 radical (unpaired) electrons. The van der Waals surface area contributed by atoms with Crippen LogP contribution in [0.25, 0.3) is 0 Å². The van der Waals surface area contributed by atoms with Gasteiger partial charge in [-0.25, -0.2) is 4.57 Å². The topological polar surface area (TPSA) is 73.6 Å². The molecule has 3 heterocycles. The number of aliphatic hydroxyl groups is 1. The Morgan fingerprint density at radius 2 is 2.47 bits per heavy atom. The molecular weight excluding hydrogens is 224 g/mol. The summed E-state index contributed by atoms with van der Waals surface area (Å²) in [6.45, 7) is 3.64. The van der Waals surface area contributed by atoms with Crippen LogP contribution >= 0.6 is 0 Å². The third-order valence-corrected chi connectivity index (χ3v) is 3.32. The van der Waals surface area contributed by atoms with Gasteiger partial charge in [0.2, 0.25) is 0 Å². The van der Waals surface area contributed by atoms with Gasteiger partial charge in [0.1, 0.15) is 0 Å². The van der Waals surface area contributed by atoms with Crippen LogP contribution in [-0.2, 0) is 10.6 Å². The molecule has 3 rings (SSSR count). The zero-order valence-corrected chi connectivity index (χ0v) is 9.71. The van der Waals surface area contributed by atoms with E-state index < -0.39 is 12.0 Å². The zero-order chi connectivity index (χ0) is 12.2. The Labute approximate surface area is 97.8 Å². The first-order valence-electron chi connectivity index (χ1n) is 5.71. The van der Waals surface area contributed by atoms with Gasteiger partial charge in [-0.3, -0.25) is 4.79 Å². The number of fused-ring (bicyclic) bond motifs is 2. The maximum absolute atomic E-state index is 11.3. The molecule has 2 aliphatic rings. The van der Waals surface area contributed by atoms with Crippen LogP contribution in [0.3, 0.4) is 0 Å². The normalized spacial score (nSPS) is 34.3. The quantitative estimate of drug-likeness (QED) is 0.752. The summed E-state index contributed by atoms with van der Waals surface area (Å²) >= 11 is 0. The Hall–Kier alpha value is -1.40. The molecule has 2 aliphatic heterocycles. The SMILES string of the molecule is CC[C@H]1O[C@]2(CC1O)Oc1nc(=O)c(C)cn12. The fourth-order valence-corrected chi connectivity index (χ4v) is 2.34. The molecule has 1 N–H and O–H groups in total. The van der Waals surface area contributed by atoms with Gasteiger partial charge < -0.3 is 14.6 Å². The first-order chi connectivity index (χ1) is 8.05. The molecule has 1 aromatic heterocycles. The first kappa shape index (κ1) is 10.7. The molecule has 0 saturated carbocycles. The number of aryl methyl sites for hydroxylation is 1. The lowest BCUT2D eigenvalue weighted by Gasteiger charge is -2.40. The molecule has 1 aromatic rings. The lowest BCUT2D eigenvalue weighted by atomic mass is 10.1. The van der Waals surface area contributed by atoms with Gasteiger partial charge in [0.05, 0.1) is 18.6 Å². The molecule has 1 spiro atoms. The van der Waals surface area contributed by atoms with Crippen LogP contribution in [0.1, 0.15) is 25.3 Å². The molecular formula is C11H14N2O4. The van der Waals surface area contributed by atoms with Gasteiger partial charge >= 0.3 is 11.9 Å². The molecule has 17 heavy (non-hydrogen) atoms. The van der Waals surface area contributed by atoms with Crippen LogP contribution in [0.15, 0.2) is 11.0 Å². The Kier molecular flexibility index (Phi) is 2.08. The summed E-state index contributed by atoms with van der Waals surface area (Å²) in [7, 11) is 0. The first-order valence-corrected chi connectivity index (χ1v) is 5.71. The molecule has 0 amide bonds. The van der Waals surface area contributed by atoms with Crippen molar-refractivity contribution >= 4 is 0 Å². The summed E-state index contributed by atoms with van der Waals surface area (Å²) in [5, 5.41) is 9.84. The Morgan fingerprint density at radius 3 is 3.12 bits per heavy atom. The van der Waals surface area contributed by atoms with E-state index in [0.717, 1.165) is 0 Å². The number of nitrogens with zero attached hydrogens (tertiary/aromatic N) is 2. The minimum Gasteiger partial charge on any atom is -0.412 e. The largest absolute Gasteiger partial charge is 0.412 e. The second-order valence-electron chi connectivity index (χ2n) is 4.53. The molecule has 6 heteroatoms. The predicted octanol–water partition coefficient (Wildman–Crippen LogP) is 0.114. The second kappa shape index (κ2) is 3.30. The molecule has 1 unspecified atom stereocenters. The van der Waals surface area contributed by atoms with E-state index in [1.165, 1.54) is 0 Å². The molecule has 1 fully saturated rings. The summed E-state index contributed by atoms with van der Waals surface area (Å²) in [6.07, 6.45) is 1.96. The van der Waals surface area contributed by atoms with Crippen molar-refractivity contribution in [1.29, 1.82) is 0 Å². The monoisotopic (exact) mass is 238 g/mol. The van der Waals surface area contributed by atoms with Crippen molar-refractivity contribution in [2.45, 2.75) is 44.8 Å². The predicted molar refractivity (Wildman–Crippen MR) is 57.6 cm³/mol. The lowest BCUT2D eigenvalue weighted by molar-refractivity contribution is -0.285. The van der Waals surface area contributed by atoms with Crippen molar-refractivity contribution in [2.75, 3.05) is 0 Å². The van der Waals surface area contributed by atoms with Crippen LogP contribution in [0.4, 0.5) is 0 Å². The van der Waals surface area contributed by atoms with Crippen molar-refractivity contribution < 1.29 is 14.6 Å². The maximum Gasteiger partial charge on any atom is 0.308 e.